The molecule has 3 heteroatoms. The van der Waals surface area contributed by atoms with E-state index in [4.69, 9.17) is 0 Å². The number of fused-ring (bicyclic) bond motifs is 4. The molecule has 3 aromatic carbocycles. The van der Waals surface area contributed by atoms with Crippen LogP contribution in [-0.2, 0) is 24.9 Å². The van der Waals surface area contributed by atoms with Crippen LogP contribution in [-0.4, -0.2) is 14.9 Å². The largest absolute Gasteiger partial charge is 0.345 e. The first-order valence-corrected chi connectivity index (χ1v) is 14.2. The molecule has 194 valence electrons. The second-order valence-electron chi connectivity index (χ2n) is 11.1. The zero-order chi connectivity index (χ0) is 26.9. The Bertz CT molecular complexity index is 1790. The summed E-state index contributed by atoms with van der Waals surface area (Å²) in [5.41, 5.74) is 11.6. The lowest BCUT2D eigenvalue weighted by molar-refractivity contribution is 0.103. The summed E-state index contributed by atoms with van der Waals surface area (Å²) in [4.78, 5) is 13.7. The Morgan fingerprint density at radius 3 is 1.87 bits per heavy atom. The number of nitrogens with zero attached hydrogens (tertiary/aromatic N) is 2. The van der Waals surface area contributed by atoms with Crippen molar-refractivity contribution in [2.75, 3.05) is 0 Å². The van der Waals surface area contributed by atoms with Crippen molar-refractivity contribution >= 4 is 27.6 Å². The number of para-hydroxylation sites is 2. The lowest BCUT2D eigenvalue weighted by atomic mass is 9.64. The molecule has 0 amide bonds. The summed E-state index contributed by atoms with van der Waals surface area (Å²) in [7, 11) is 0. The summed E-state index contributed by atoms with van der Waals surface area (Å²) in [5, 5.41) is 2.61. The fraction of sp³-hybridized carbons (Fsp3) is 0.250. The van der Waals surface area contributed by atoms with Gasteiger partial charge in [-0.15, -0.1) is 0 Å². The Kier molecular flexibility index (Phi) is 5.35. The van der Waals surface area contributed by atoms with Crippen molar-refractivity contribution in [2.45, 2.75) is 59.0 Å². The molecule has 7 rings (SSSR count). The van der Waals surface area contributed by atoms with Gasteiger partial charge in [0.1, 0.15) is 0 Å². The van der Waals surface area contributed by atoms with Crippen LogP contribution in [0, 0.1) is 13.8 Å². The highest BCUT2D eigenvalue weighted by Gasteiger charge is 2.43. The maximum Gasteiger partial charge on any atom is 0.193 e. The molecule has 2 aliphatic rings. The Hall–Kier alpha value is -4.11. The van der Waals surface area contributed by atoms with Gasteiger partial charge in [0.15, 0.2) is 5.78 Å². The molecule has 0 aliphatic heterocycles. The van der Waals surface area contributed by atoms with Crippen molar-refractivity contribution in [3.63, 3.8) is 0 Å². The number of benzene rings is 3. The first-order chi connectivity index (χ1) is 19.0. The minimum absolute atomic E-state index is 0.164. The smallest absolute Gasteiger partial charge is 0.193 e. The van der Waals surface area contributed by atoms with Crippen LogP contribution in [0.1, 0.15) is 58.7 Å². The van der Waals surface area contributed by atoms with E-state index in [0.29, 0.717) is 0 Å². The van der Waals surface area contributed by atoms with Gasteiger partial charge in [-0.05, 0) is 74.9 Å². The molecule has 2 aromatic heterocycles. The maximum atomic E-state index is 13.7. The predicted octanol–water partition coefficient (Wildman–Crippen LogP) is 8.23. The monoisotopic (exact) mass is 510 g/mol. The highest BCUT2D eigenvalue weighted by atomic mass is 16.1. The van der Waals surface area contributed by atoms with Crippen molar-refractivity contribution < 1.29 is 4.79 Å². The number of Topliss-reactive ketones (excluding diaryl/α,β-unsaturated/α-hetero) is 1. The first-order valence-electron chi connectivity index (χ1n) is 14.2. The number of hydrogen-bond donors (Lipinski definition) is 0. The van der Waals surface area contributed by atoms with Crippen LogP contribution < -0.4 is 0 Å². The Morgan fingerprint density at radius 2 is 1.28 bits per heavy atom. The van der Waals surface area contributed by atoms with Crippen LogP contribution in [0.3, 0.4) is 0 Å². The number of aromatic nitrogens is 2. The second kappa shape index (κ2) is 8.71. The zero-order valence-electron chi connectivity index (χ0n) is 23.2. The van der Waals surface area contributed by atoms with Gasteiger partial charge in [0.25, 0.3) is 0 Å². The third-order valence-corrected chi connectivity index (χ3v) is 9.27. The number of allylic oxidation sites excluding steroid dienone is 4. The lowest BCUT2D eigenvalue weighted by Gasteiger charge is -2.38. The van der Waals surface area contributed by atoms with Crippen molar-refractivity contribution in [1.82, 2.24) is 9.13 Å². The summed E-state index contributed by atoms with van der Waals surface area (Å²) >= 11 is 0. The van der Waals surface area contributed by atoms with Gasteiger partial charge in [-0.1, -0.05) is 72.8 Å². The van der Waals surface area contributed by atoms with Crippen LogP contribution in [0.4, 0.5) is 0 Å². The fourth-order valence-electron chi connectivity index (χ4n) is 7.74. The van der Waals surface area contributed by atoms with E-state index in [1.54, 1.807) is 0 Å². The number of carbonyl (C=O) groups excluding carboxylic acids is 1. The van der Waals surface area contributed by atoms with Crippen LogP contribution in [0.25, 0.3) is 21.8 Å². The number of rotatable bonds is 4. The topological polar surface area (TPSA) is 26.9 Å². The van der Waals surface area contributed by atoms with Gasteiger partial charge in [-0.2, -0.15) is 0 Å². The molecule has 0 unspecified atom stereocenters. The van der Waals surface area contributed by atoms with E-state index < -0.39 is 0 Å². The van der Waals surface area contributed by atoms with Crippen molar-refractivity contribution in [3.05, 3.63) is 130 Å². The molecule has 0 fully saturated rings. The summed E-state index contributed by atoms with van der Waals surface area (Å²) in [6.45, 7) is 10.9. The molecule has 5 aromatic rings. The first kappa shape index (κ1) is 24.0. The molecule has 0 N–H and O–H groups in total. The van der Waals surface area contributed by atoms with Crippen LogP contribution >= 0.6 is 0 Å². The van der Waals surface area contributed by atoms with Crippen LogP contribution in [0.15, 0.2) is 96.1 Å². The normalized spacial score (nSPS) is 16.3. The molecule has 2 aliphatic carbocycles. The van der Waals surface area contributed by atoms with Gasteiger partial charge in [-0.25, -0.2) is 0 Å². The molecule has 39 heavy (non-hydrogen) atoms. The molecule has 0 saturated heterocycles. The van der Waals surface area contributed by atoms with Gasteiger partial charge in [0.05, 0.1) is 0 Å². The molecule has 2 heterocycles. The van der Waals surface area contributed by atoms with E-state index in [1.165, 1.54) is 44.3 Å². The average molecular weight is 511 g/mol. The molecule has 0 bridgehead atoms. The zero-order valence-corrected chi connectivity index (χ0v) is 23.2. The summed E-state index contributed by atoms with van der Waals surface area (Å²) in [6, 6.07) is 25.8. The highest BCUT2D eigenvalue weighted by molar-refractivity contribution is 6.14. The van der Waals surface area contributed by atoms with Crippen molar-refractivity contribution in [1.29, 1.82) is 0 Å². The van der Waals surface area contributed by atoms with E-state index in [2.05, 4.69) is 110 Å². The predicted molar refractivity (Wildman–Crippen MR) is 161 cm³/mol. The van der Waals surface area contributed by atoms with Crippen molar-refractivity contribution in [3.8, 4) is 0 Å². The quantitative estimate of drug-likeness (QED) is 0.239. The standard InChI is InChI=1S/C36H34N2O/c1-5-37-23(3)33(29-15-9-11-17-31(29)37)36(34-24(4)38(6-2)32-18-12-10-16-30(32)34)20-19-28-26(22-36)21-25-13-7-8-14-27(25)35(28)39/h7-19,22H,5-6,20-21H2,1-4H3. The van der Waals surface area contributed by atoms with Gasteiger partial charge in [-0.3, -0.25) is 4.79 Å². The van der Waals surface area contributed by atoms with Gasteiger partial charge in [0, 0.05) is 62.8 Å². The number of hydrogen-bond acceptors (Lipinski definition) is 1. The van der Waals surface area contributed by atoms with E-state index in [1.807, 2.05) is 12.1 Å². The summed E-state index contributed by atoms with van der Waals surface area (Å²) in [5.74, 6) is 0.164. The highest BCUT2D eigenvalue weighted by Crippen LogP contribution is 2.52. The van der Waals surface area contributed by atoms with E-state index in [9.17, 15) is 4.79 Å². The third-order valence-electron chi connectivity index (χ3n) is 9.27. The van der Waals surface area contributed by atoms with Crippen LogP contribution in [0.2, 0.25) is 0 Å². The van der Waals surface area contributed by atoms with Crippen molar-refractivity contribution in [2.24, 2.45) is 0 Å². The minimum atomic E-state index is -0.389. The Balaban J connectivity index is 1.61. The van der Waals surface area contributed by atoms with E-state index in [0.717, 1.165) is 48.2 Å². The lowest BCUT2D eigenvalue weighted by Crippen LogP contribution is -2.32. The van der Waals surface area contributed by atoms with E-state index in [-0.39, 0.29) is 11.2 Å². The fourth-order valence-corrected chi connectivity index (χ4v) is 7.74. The molecule has 3 nitrogen and oxygen atoms in total. The number of aryl methyl sites for hydroxylation is 2. The summed E-state index contributed by atoms with van der Waals surface area (Å²) < 4.78 is 4.92. The Labute approximate surface area is 230 Å². The van der Waals surface area contributed by atoms with Gasteiger partial charge < -0.3 is 9.13 Å². The van der Waals surface area contributed by atoms with Crippen LogP contribution in [0.5, 0.6) is 0 Å². The van der Waals surface area contributed by atoms with E-state index >= 15 is 0 Å². The molecule has 0 radical (unpaired) electrons. The SMILES string of the molecule is CCn1c(C)c(C2(c3c(C)n(CC)c4ccccc34)C=C3Cc4ccccc4C(=O)C3=CC2)c2ccccc21. The number of carbonyl (C=O) groups is 1. The molecular weight excluding hydrogens is 476 g/mol. The number of ketones is 1. The third kappa shape index (κ3) is 3.19. The Morgan fingerprint density at radius 1 is 0.744 bits per heavy atom. The maximum absolute atomic E-state index is 13.7. The molecular formula is C36H34N2O. The molecule has 0 atom stereocenters. The minimum Gasteiger partial charge on any atom is -0.345 e. The van der Waals surface area contributed by atoms with Gasteiger partial charge >= 0.3 is 0 Å². The molecule has 0 spiro atoms. The second-order valence-corrected chi connectivity index (χ2v) is 11.1. The molecule has 0 saturated carbocycles. The average Bonchev–Trinajstić information content (AvgIpc) is 3.42. The van der Waals surface area contributed by atoms with Gasteiger partial charge in [0.2, 0.25) is 0 Å². The summed E-state index contributed by atoms with van der Waals surface area (Å²) in [6.07, 6.45) is 6.28.